The number of hydrogen-bond acceptors (Lipinski definition) is 5. The van der Waals surface area contributed by atoms with Crippen LogP contribution in [0.3, 0.4) is 0 Å². The Bertz CT molecular complexity index is 1330. The summed E-state index contributed by atoms with van der Waals surface area (Å²) < 4.78 is 1.86. The van der Waals surface area contributed by atoms with Gasteiger partial charge in [-0.25, -0.2) is 4.98 Å². The lowest BCUT2D eigenvalue weighted by molar-refractivity contribution is -0.119. The molecule has 0 aliphatic heterocycles. The van der Waals surface area contributed by atoms with Crippen LogP contribution in [0.1, 0.15) is 52.5 Å². The number of halogens is 3. The van der Waals surface area contributed by atoms with Crippen LogP contribution in [-0.4, -0.2) is 44.0 Å². The van der Waals surface area contributed by atoms with Crippen molar-refractivity contribution in [1.82, 2.24) is 20.5 Å². The molecule has 180 valence electrons. The lowest BCUT2D eigenvalue weighted by atomic mass is 9.74. The average molecular weight is 637 g/mol. The van der Waals surface area contributed by atoms with E-state index in [1.165, 1.54) is 11.8 Å². The van der Waals surface area contributed by atoms with Gasteiger partial charge in [0.15, 0.2) is 5.78 Å². The second-order valence-corrected chi connectivity index (χ2v) is 12.0. The molecule has 1 amide bonds. The first kappa shape index (κ1) is 24.7. The summed E-state index contributed by atoms with van der Waals surface area (Å²) in [7, 11) is 0. The van der Waals surface area contributed by atoms with Gasteiger partial charge in [0.1, 0.15) is 11.7 Å². The molecule has 2 N–H and O–H groups in total. The lowest BCUT2D eigenvalue weighted by Crippen LogP contribution is -2.52. The first-order chi connectivity index (χ1) is 16.8. The SMILES string of the molecule is CC1=Cc2ccc(Br)cc2C(=O)C1c1nc(SCC(=O)NC2CC(Cl)C2c2ccc(Br)cc2)n[nH]1. The molecular weight excluding hydrogens is 616 g/mol. The standard InChI is InChI=1S/C25H21Br2ClN4O2S/c1-12-8-14-4-7-16(27)9-17(14)23(34)21(12)24-30-25(32-31-24)35-11-20(33)29-19-10-18(28)22(19)13-2-5-15(26)6-3-13/h2-9,18-19,21-22H,10-11H2,1H3,(H,29,33)(H,30,31,32). The minimum Gasteiger partial charge on any atom is -0.352 e. The van der Waals surface area contributed by atoms with Gasteiger partial charge in [-0.1, -0.05) is 73.5 Å². The summed E-state index contributed by atoms with van der Waals surface area (Å²) in [5, 5.41) is 10.7. The quantitative estimate of drug-likeness (QED) is 0.253. The van der Waals surface area contributed by atoms with E-state index in [4.69, 9.17) is 11.6 Å². The first-order valence-corrected chi connectivity index (χ1v) is 14.1. The number of carbonyl (C=O) groups is 2. The maximum absolute atomic E-state index is 13.2. The summed E-state index contributed by atoms with van der Waals surface area (Å²) in [5.41, 5.74) is 3.56. The number of alkyl halides is 1. The zero-order chi connectivity index (χ0) is 24.7. The zero-order valence-corrected chi connectivity index (χ0v) is 23.3. The molecular formula is C25H21Br2ClN4O2S. The van der Waals surface area contributed by atoms with Crippen LogP contribution in [0.2, 0.25) is 0 Å². The number of aromatic nitrogens is 3. The number of ketones is 1. The van der Waals surface area contributed by atoms with Crippen LogP contribution in [0.15, 0.2) is 62.1 Å². The lowest BCUT2D eigenvalue weighted by Gasteiger charge is -2.42. The molecule has 0 saturated heterocycles. The minimum absolute atomic E-state index is 0.000211. The summed E-state index contributed by atoms with van der Waals surface area (Å²) in [6.07, 6.45) is 2.73. The molecule has 10 heteroatoms. The maximum Gasteiger partial charge on any atom is 0.230 e. The van der Waals surface area contributed by atoms with E-state index >= 15 is 0 Å². The Balaban J connectivity index is 1.20. The topological polar surface area (TPSA) is 87.7 Å². The van der Waals surface area contributed by atoms with Crippen LogP contribution in [0.25, 0.3) is 6.08 Å². The van der Waals surface area contributed by atoms with Gasteiger partial charge < -0.3 is 5.32 Å². The Morgan fingerprint density at radius 2 is 1.94 bits per heavy atom. The highest BCUT2D eigenvalue weighted by Crippen LogP contribution is 2.41. The highest BCUT2D eigenvalue weighted by molar-refractivity contribution is 9.10. The van der Waals surface area contributed by atoms with Gasteiger partial charge in [-0.05, 0) is 48.7 Å². The molecule has 4 unspecified atom stereocenters. The Labute approximate surface area is 229 Å². The van der Waals surface area contributed by atoms with E-state index in [1.807, 2.05) is 55.5 Å². The van der Waals surface area contributed by atoms with Gasteiger partial charge in [0.25, 0.3) is 0 Å². The van der Waals surface area contributed by atoms with Crippen molar-refractivity contribution in [2.75, 3.05) is 5.75 Å². The van der Waals surface area contributed by atoms with E-state index < -0.39 is 5.92 Å². The number of rotatable bonds is 6. The van der Waals surface area contributed by atoms with Crippen LogP contribution in [0.4, 0.5) is 0 Å². The fourth-order valence-corrected chi connectivity index (χ4v) is 6.35. The monoisotopic (exact) mass is 634 g/mol. The van der Waals surface area contributed by atoms with Crippen molar-refractivity contribution in [1.29, 1.82) is 0 Å². The smallest absolute Gasteiger partial charge is 0.230 e. The number of nitrogens with zero attached hydrogens (tertiary/aromatic N) is 2. The third-order valence-electron chi connectivity index (χ3n) is 6.37. The molecule has 1 aromatic heterocycles. The van der Waals surface area contributed by atoms with E-state index in [9.17, 15) is 9.59 Å². The molecule has 1 heterocycles. The molecule has 1 saturated carbocycles. The Morgan fingerprint density at radius 3 is 2.69 bits per heavy atom. The fraction of sp³-hybridized carbons (Fsp3) is 0.280. The molecule has 2 aromatic carbocycles. The number of carbonyl (C=O) groups excluding carboxylic acids is 2. The van der Waals surface area contributed by atoms with Crippen LogP contribution >= 0.6 is 55.2 Å². The second-order valence-electron chi connectivity index (χ2n) is 8.71. The average Bonchev–Trinajstić information content (AvgIpc) is 3.28. The number of Topliss-reactive ketones (excluding diaryl/α,β-unsaturated/α-hetero) is 1. The first-order valence-electron chi connectivity index (χ1n) is 11.1. The molecule has 2 aliphatic carbocycles. The molecule has 2 aliphatic rings. The summed E-state index contributed by atoms with van der Waals surface area (Å²) in [6, 6.07) is 13.7. The van der Waals surface area contributed by atoms with Gasteiger partial charge in [-0.15, -0.1) is 16.7 Å². The Hall–Kier alpha value is -1.94. The highest BCUT2D eigenvalue weighted by atomic mass is 79.9. The van der Waals surface area contributed by atoms with E-state index in [1.54, 1.807) is 0 Å². The second kappa shape index (κ2) is 10.2. The van der Waals surface area contributed by atoms with Crippen molar-refractivity contribution in [3.8, 4) is 0 Å². The number of allylic oxidation sites excluding steroid dienone is 1. The van der Waals surface area contributed by atoms with Crippen molar-refractivity contribution in [2.24, 2.45) is 0 Å². The molecule has 1 fully saturated rings. The van der Waals surface area contributed by atoms with Crippen molar-refractivity contribution < 1.29 is 9.59 Å². The zero-order valence-electron chi connectivity index (χ0n) is 18.6. The van der Waals surface area contributed by atoms with Gasteiger partial charge in [0, 0.05) is 31.8 Å². The van der Waals surface area contributed by atoms with Crippen molar-refractivity contribution >= 4 is 73.0 Å². The van der Waals surface area contributed by atoms with Gasteiger partial charge >= 0.3 is 0 Å². The van der Waals surface area contributed by atoms with Gasteiger partial charge in [-0.3, -0.25) is 14.7 Å². The molecule has 3 aromatic rings. The number of hydrogen-bond donors (Lipinski definition) is 2. The number of aromatic amines is 1. The highest BCUT2D eigenvalue weighted by Gasteiger charge is 2.41. The van der Waals surface area contributed by atoms with E-state index in [-0.39, 0.29) is 34.8 Å². The number of fused-ring (bicyclic) bond motifs is 1. The van der Waals surface area contributed by atoms with Crippen molar-refractivity contribution in [2.45, 2.75) is 41.8 Å². The summed E-state index contributed by atoms with van der Waals surface area (Å²) in [5.74, 6) is 0.110. The molecule has 4 atom stereocenters. The van der Waals surface area contributed by atoms with E-state index in [2.05, 4.69) is 52.4 Å². The fourth-order valence-electron chi connectivity index (χ4n) is 4.60. The summed E-state index contributed by atoms with van der Waals surface area (Å²) >= 11 is 14.6. The predicted octanol–water partition coefficient (Wildman–Crippen LogP) is 6.08. The summed E-state index contributed by atoms with van der Waals surface area (Å²) in [4.78, 5) is 30.3. The number of H-pyrrole nitrogens is 1. The summed E-state index contributed by atoms with van der Waals surface area (Å²) in [6.45, 7) is 1.92. The number of thioether (sulfide) groups is 1. The number of amides is 1. The van der Waals surface area contributed by atoms with Crippen molar-refractivity contribution in [3.63, 3.8) is 0 Å². The van der Waals surface area contributed by atoms with Crippen LogP contribution in [0, 0.1) is 0 Å². The third-order valence-corrected chi connectivity index (χ3v) is 8.69. The Kier molecular flexibility index (Phi) is 7.21. The van der Waals surface area contributed by atoms with Crippen molar-refractivity contribution in [3.05, 3.63) is 79.5 Å². The van der Waals surface area contributed by atoms with Gasteiger partial charge in [0.05, 0.1) is 5.75 Å². The predicted molar refractivity (Wildman–Crippen MR) is 145 cm³/mol. The van der Waals surface area contributed by atoms with E-state index in [0.717, 1.165) is 32.1 Å². The van der Waals surface area contributed by atoms with Crippen LogP contribution in [-0.2, 0) is 4.79 Å². The maximum atomic E-state index is 13.2. The third kappa shape index (κ3) is 5.14. The molecule has 0 spiro atoms. The van der Waals surface area contributed by atoms with Crippen LogP contribution < -0.4 is 5.32 Å². The normalized spacial score (nSPS) is 23.3. The minimum atomic E-state index is -0.519. The largest absolute Gasteiger partial charge is 0.352 e. The molecule has 0 radical (unpaired) electrons. The molecule has 6 nitrogen and oxygen atoms in total. The Morgan fingerprint density at radius 1 is 1.20 bits per heavy atom. The molecule has 35 heavy (non-hydrogen) atoms. The molecule has 5 rings (SSSR count). The number of nitrogens with one attached hydrogen (secondary N) is 2. The number of benzene rings is 2. The molecule has 0 bridgehead atoms. The van der Waals surface area contributed by atoms with Gasteiger partial charge in [-0.2, -0.15) is 0 Å². The van der Waals surface area contributed by atoms with Crippen LogP contribution in [0.5, 0.6) is 0 Å². The van der Waals surface area contributed by atoms with Gasteiger partial charge in [0.2, 0.25) is 11.1 Å². The van der Waals surface area contributed by atoms with E-state index in [0.29, 0.717) is 16.5 Å².